The van der Waals surface area contributed by atoms with Crippen molar-refractivity contribution < 1.29 is 19.4 Å². The number of ketones is 1. The monoisotopic (exact) mass is 162 g/mol. The maximum Gasteiger partial charge on any atom is 0.305 e. The largest absolute Gasteiger partial charge is 0.481 e. The maximum absolute atomic E-state index is 9.68. The molecule has 0 aliphatic carbocycles. The first kappa shape index (κ1) is 12.7. The second-order valence-corrected chi connectivity index (χ2v) is 2.04. The van der Waals surface area contributed by atoms with E-state index in [4.69, 9.17) is 5.11 Å². The third-order valence-electron chi connectivity index (χ3n) is 0.520. The van der Waals surface area contributed by atoms with Crippen molar-refractivity contribution in [2.75, 3.05) is 13.7 Å². The number of aliphatic carboxylic acids is 1. The average molecular weight is 162 g/mol. The van der Waals surface area contributed by atoms with Gasteiger partial charge in [-0.3, -0.25) is 4.79 Å². The van der Waals surface area contributed by atoms with Gasteiger partial charge in [-0.1, -0.05) is 0 Å². The van der Waals surface area contributed by atoms with Gasteiger partial charge in [0.25, 0.3) is 0 Å². The van der Waals surface area contributed by atoms with Gasteiger partial charge in [-0.2, -0.15) is 0 Å². The normalized spacial score (nSPS) is 7.91. The highest BCUT2D eigenvalue weighted by Crippen LogP contribution is 1.76. The summed E-state index contributed by atoms with van der Waals surface area (Å²) < 4.78 is 4.47. The SMILES string of the molecule is CC(C)=O.COCCC(=O)O. The Balaban J connectivity index is 0. The molecule has 0 aromatic heterocycles. The molecule has 0 atom stereocenters. The van der Waals surface area contributed by atoms with Gasteiger partial charge in [0.1, 0.15) is 5.78 Å². The highest BCUT2D eigenvalue weighted by molar-refractivity contribution is 5.72. The predicted molar refractivity (Wildman–Crippen MR) is 40.5 cm³/mol. The molecule has 0 unspecified atom stereocenters. The Kier molecular flexibility index (Phi) is 10.5. The summed E-state index contributed by atoms with van der Waals surface area (Å²) in [6, 6.07) is 0. The number of ether oxygens (including phenoxy) is 1. The average Bonchev–Trinajstić information content (AvgIpc) is 1.82. The number of carboxylic acid groups (broad SMARTS) is 1. The van der Waals surface area contributed by atoms with E-state index in [-0.39, 0.29) is 12.2 Å². The van der Waals surface area contributed by atoms with Crippen LogP contribution in [0, 0.1) is 0 Å². The number of rotatable bonds is 3. The maximum atomic E-state index is 9.68. The fourth-order valence-corrected chi connectivity index (χ4v) is 0.189. The molecule has 0 aliphatic rings. The molecule has 0 amide bonds. The summed E-state index contributed by atoms with van der Waals surface area (Å²) in [6.07, 6.45) is 0.0938. The van der Waals surface area contributed by atoms with E-state index >= 15 is 0 Å². The zero-order valence-electron chi connectivity index (χ0n) is 7.09. The molecule has 11 heavy (non-hydrogen) atoms. The molecular formula is C7H14O4. The first-order valence-corrected chi connectivity index (χ1v) is 3.18. The lowest BCUT2D eigenvalue weighted by molar-refractivity contribution is -0.138. The van der Waals surface area contributed by atoms with Crippen molar-refractivity contribution >= 4 is 11.8 Å². The van der Waals surface area contributed by atoms with E-state index in [9.17, 15) is 9.59 Å². The fourth-order valence-electron chi connectivity index (χ4n) is 0.189. The number of carbonyl (C=O) groups is 2. The Morgan fingerprint density at radius 1 is 1.36 bits per heavy atom. The van der Waals surface area contributed by atoms with E-state index in [2.05, 4.69) is 4.74 Å². The van der Waals surface area contributed by atoms with Crippen LogP contribution in [0.25, 0.3) is 0 Å². The topological polar surface area (TPSA) is 63.6 Å². The van der Waals surface area contributed by atoms with Crippen molar-refractivity contribution in [2.45, 2.75) is 20.3 Å². The second kappa shape index (κ2) is 9.10. The van der Waals surface area contributed by atoms with Gasteiger partial charge in [0.15, 0.2) is 0 Å². The summed E-state index contributed by atoms with van der Waals surface area (Å²) in [5, 5.41) is 7.96. The Bertz CT molecular complexity index is 116. The van der Waals surface area contributed by atoms with Gasteiger partial charge in [0.2, 0.25) is 0 Å². The quantitative estimate of drug-likeness (QED) is 0.663. The molecule has 0 saturated heterocycles. The summed E-state index contributed by atoms with van der Waals surface area (Å²) >= 11 is 0. The molecule has 0 rings (SSSR count). The van der Waals surface area contributed by atoms with Gasteiger partial charge >= 0.3 is 5.97 Å². The van der Waals surface area contributed by atoms with Crippen LogP contribution in [0.2, 0.25) is 0 Å². The molecule has 0 aromatic rings. The van der Waals surface area contributed by atoms with E-state index in [0.717, 1.165) is 0 Å². The van der Waals surface area contributed by atoms with Gasteiger partial charge in [0.05, 0.1) is 13.0 Å². The Hall–Kier alpha value is -0.900. The van der Waals surface area contributed by atoms with Gasteiger partial charge in [0, 0.05) is 7.11 Å². The summed E-state index contributed by atoms with van der Waals surface area (Å²) in [7, 11) is 1.48. The predicted octanol–water partition coefficient (Wildman–Crippen LogP) is 0.703. The zero-order chi connectivity index (χ0) is 9.28. The van der Waals surface area contributed by atoms with Gasteiger partial charge < -0.3 is 14.6 Å². The van der Waals surface area contributed by atoms with Crippen LogP contribution in [-0.2, 0) is 14.3 Å². The minimum absolute atomic E-state index is 0.0938. The molecule has 4 heteroatoms. The van der Waals surface area contributed by atoms with Crippen LogP contribution in [0.1, 0.15) is 20.3 Å². The van der Waals surface area contributed by atoms with Crippen molar-refractivity contribution in [3.63, 3.8) is 0 Å². The van der Waals surface area contributed by atoms with E-state index in [1.165, 1.54) is 21.0 Å². The molecule has 1 N–H and O–H groups in total. The van der Waals surface area contributed by atoms with Crippen molar-refractivity contribution in [3.8, 4) is 0 Å². The molecule has 0 bridgehead atoms. The number of carbonyl (C=O) groups excluding carboxylic acids is 1. The lowest BCUT2D eigenvalue weighted by Crippen LogP contribution is -1.99. The van der Waals surface area contributed by atoms with Gasteiger partial charge in [-0.25, -0.2) is 0 Å². The summed E-state index contributed by atoms with van der Waals surface area (Å²) in [5.74, 6) is -0.651. The van der Waals surface area contributed by atoms with Crippen LogP contribution >= 0.6 is 0 Å². The summed E-state index contributed by atoms with van der Waals surface area (Å²) in [5.41, 5.74) is 0. The number of Topliss-reactive ketones (excluding diaryl/α,β-unsaturated/α-hetero) is 1. The second-order valence-electron chi connectivity index (χ2n) is 2.04. The molecular weight excluding hydrogens is 148 g/mol. The summed E-state index contributed by atoms with van der Waals surface area (Å²) in [6.45, 7) is 3.36. The molecule has 0 saturated carbocycles. The Labute approximate surface area is 66.2 Å². The standard InChI is InChI=1S/C4H8O3.C3H6O/c1-7-3-2-4(5)6;1-3(2)4/h2-3H2,1H3,(H,5,6);1-2H3. The third kappa shape index (κ3) is 47.7. The first-order valence-electron chi connectivity index (χ1n) is 3.18. The molecule has 0 aromatic carbocycles. The van der Waals surface area contributed by atoms with Crippen molar-refractivity contribution in [3.05, 3.63) is 0 Å². The molecule has 66 valence electrons. The molecule has 4 nitrogen and oxygen atoms in total. The Morgan fingerprint density at radius 2 is 1.73 bits per heavy atom. The van der Waals surface area contributed by atoms with E-state index < -0.39 is 5.97 Å². The van der Waals surface area contributed by atoms with Crippen LogP contribution in [-0.4, -0.2) is 30.6 Å². The number of methoxy groups -OCH3 is 1. The highest BCUT2D eigenvalue weighted by atomic mass is 16.5. The van der Waals surface area contributed by atoms with Gasteiger partial charge in [-0.05, 0) is 13.8 Å². The van der Waals surface area contributed by atoms with Crippen LogP contribution in [0.5, 0.6) is 0 Å². The highest BCUT2D eigenvalue weighted by Gasteiger charge is 1.91. The lowest BCUT2D eigenvalue weighted by atomic mass is 10.5. The minimum Gasteiger partial charge on any atom is -0.481 e. The number of hydrogen-bond donors (Lipinski definition) is 1. The number of carboxylic acids is 1. The van der Waals surface area contributed by atoms with Crippen LogP contribution in [0.15, 0.2) is 0 Å². The summed E-state index contributed by atoms with van der Waals surface area (Å²) in [4.78, 5) is 19.1. The molecule has 0 fully saturated rings. The van der Waals surface area contributed by atoms with Crippen molar-refractivity contribution in [1.29, 1.82) is 0 Å². The minimum atomic E-state index is -0.818. The van der Waals surface area contributed by atoms with Crippen LogP contribution < -0.4 is 0 Å². The zero-order valence-corrected chi connectivity index (χ0v) is 7.09. The van der Waals surface area contributed by atoms with Crippen LogP contribution in [0.3, 0.4) is 0 Å². The molecule has 0 spiro atoms. The third-order valence-corrected chi connectivity index (χ3v) is 0.520. The van der Waals surface area contributed by atoms with Crippen molar-refractivity contribution in [1.82, 2.24) is 0 Å². The molecule has 0 radical (unpaired) electrons. The van der Waals surface area contributed by atoms with Gasteiger partial charge in [-0.15, -0.1) is 0 Å². The van der Waals surface area contributed by atoms with E-state index in [1.54, 1.807) is 0 Å². The van der Waals surface area contributed by atoms with E-state index in [0.29, 0.717) is 6.61 Å². The van der Waals surface area contributed by atoms with E-state index in [1.807, 2.05) is 0 Å². The smallest absolute Gasteiger partial charge is 0.305 e. The Morgan fingerprint density at radius 3 is 1.82 bits per heavy atom. The number of hydrogen-bond acceptors (Lipinski definition) is 3. The van der Waals surface area contributed by atoms with Crippen molar-refractivity contribution in [2.24, 2.45) is 0 Å². The van der Waals surface area contributed by atoms with Crippen LogP contribution in [0.4, 0.5) is 0 Å². The first-order chi connectivity index (χ1) is 5.00. The fraction of sp³-hybridized carbons (Fsp3) is 0.714. The molecule has 0 heterocycles. The molecule has 0 aliphatic heterocycles. The lowest BCUT2D eigenvalue weighted by Gasteiger charge is -1.88.